The zero-order chi connectivity index (χ0) is 11.5. The molecule has 0 bridgehead atoms. The second-order valence-electron chi connectivity index (χ2n) is 3.78. The number of aromatic nitrogens is 1. The third-order valence-corrected chi connectivity index (χ3v) is 2.52. The standard InChI is InChI=1S/C13H12FNO/c1-10-8-12(14)3-2-11(10)9-15-6-4-13(16)5-7-15/h2-8H,9H2,1H3. The molecule has 2 rings (SSSR count). The van der Waals surface area contributed by atoms with Crippen LogP contribution >= 0.6 is 0 Å². The minimum Gasteiger partial charge on any atom is -0.350 e. The highest BCUT2D eigenvalue weighted by molar-refractivity contribution is 5.26. The average molecular weight is 217 g/mol. The fourth-order valence-electron chi connectivity index (χ4n) is 1.58. The smallest absolute Gasteiger partial charge is 0.181 e. The van der Waals surface area contributed by atoms with E-state index in [0.717, 1.165) is 11.1 Å². The lowest BCUT2D eigenvalue weighted by Gasteiger charge is -2.08. The lowest BCUT2D eigenvalue weighted by atomic mass is 10.1. The van der Waals surface area contributed by atoms with Gasteiger partial charge in [0.2, 0.25) is 0 Å². The van der Waals surface area contributed by atoms with Gasteiger partial charge >= 0.3 is 0 Å². The van der Waals surface area contributed by atoms with Crippen LogP contribution in [0.15, 0.2) is 47.5 Å². The summed E-state index contributed by atoms with van der Waals surface area (Å²) in [5.74, 6) is -0.221. The molecule has 0 unspecified atom stereocenters. The zero-order valence-corrected chi connectivity index (χ0v) is 8.98. The van der Waals surface area contributed by atoms with Crippen LogP contribution in [0.3, 0.4) is 0 Å². The summed E-state index contributed by atoms with van der Waals surface area (Å²) in [6.45, 7) is 2.52. The molecule has 1 aromatic heterocycles. The van der Waals surface area contributed by atoms with Gasteiger partial charge in [0.15, 0.2) is 5.43 Å². The van der Waals surface area contributed by atoms with Gasteiger partial charge < -0.3 is 4.57 Å². The molecule has 1 aromatic carbocycles. The van der Waals surface area contributed by atoms with Crippen molar-refractivity contribution in [1.29, 1.82) is 0 Å². The van der Waals surface area contributed by atoms with Crippen LogP contribution in [0, 0.1) is 12.7 Å². The maximum absolute atomic E-state index is 12.9. The van der Waals surface area contributed by atoms with Gasteiger partial charge in [-0.25, -0.2) is 4.39 Å². The normalized spacial score (nSPS) is 10.4. The number of aryl methyl sites for hydroxylation is 1. The molecule has 0 spiro atoms. The monoisotopic (exact) mass is 217 g/mol. The highest BCUT2D eigenvalue weighted by Crippen LogP contribution is 2.11. The zero-order valence-electron chi connectivity index (χ0n) is 8.98. The summed E-state index contributed by atoms with van der Waals surface area (Å²) in [6, 6.07) is 7.75. The van der Waals surface area contributed by atoms with E-state index in [0.29, 0.717) is 6.54 Å². The summed E-state index contributed by atoms with van der Waals surface area (Å²) in [5, 5.41) is 0. The third-order valence-electron chi connectivity index (χ3n) is 2.52. The number of hydrogen-bond donors (Lipinski definition) is 0. The van der Waals surface area contributed by atoms with Crippen molar-refractivity contribution in [2.75, 3.05) is 0 Å². The molecule has 0 saturated carbocycles. The van der Waals surface area contributed by atoms with E-state index in [1.807, 2.05) is 11.5 Å². The summed E-state index contributed by atoms with van der Waals surface area (Å²) in [5.41, 5.74) is 1.95. The summed E-state index contributed by atoms with van der Waals surface area (Å²) in [7, 11) is 0. The summed E-state index contributed by atoms with van der Waals surface area (Å²) >= 11 is 0. The summed E-state index contributed by atoms with van der Waals surface area (Å²) < 4.78 is 14.8. The van der Waals surface area contributed by atoms with Crippen LogP contribution in [0.5, 0.6) is 0 Å². The average Bonchev–Trinajstić information content (AvgIpc) is 2.25. The van der Waals surface area contributed by atoms with Crippen molar-refractivity contribution in [3.05, 3.63) is 69.9 Å². The first-order valence-corrected chi connectivity index (χ1v) is 5.06. The molecule has 0 radical (unpaired) electrons. The molecule has 0 fully saturated rings. The number of hydrogen-bond acceptors (Lipinski definition) is 1. The molecule has 0 aliphatic rings. The van der Waals surface area contributed by atoms with Gasteiger partial charge in [-0.15, -0.1) is 0 Å². The van der Waals surface area contributed by atoms with Gasteiger partial charge in [-0.05, 0) is 30.2 Å². The Balaban J connectivity index is 2.27. The Labute approximate surface area is 93.0 Å². The minimum atomic E-state index is -0.221. The highest BCUT2D eigenvalue weighted by Gasteiger charge is 2.00. The predicted octanol–water partition coefficient (Wildman–Crippen LogP) is 2.34. The highest BCUT2D eigenvalue weighted by atomic mass is 19.1. The molecular formula is C13H12FNO. The predicted molar refractivity (Wildman–Crippen MR) is 60.9 cm³/mol. The lowest BCUT2D eigenvalue weighted by molar-refractivity contribution is 0.624. The minimum absolute atomic E-state index is 0.00734. The van der Waals surface area contributed by atoms with Crippen molar-refractivity contribution in [3.8, 4) is 0 Å². The SMILES string of the molecule is Cc1cc(F)ccc1Cn1ccc(=O)cc1. The van der Waals surface area contributed by atoms with E-state index >= 15 is 0 Å². The van der Waals surface area contributed by atoms with Crippen LogP contribution in [-0.4, -0.2) is 4.57 Å². The second kappa shape index (κ2) is 4.31. The molecule has 3 heteroatoms. The van der Waals surface area contributed by atoms with Gasteiger partial charge in [0, 0.05) is 31.1 Å². The first-order chi connectivity index (χ1) is 7.65. The van der Waals surface area contributed by atoms with Crippen LogP contribution in [0.25, 0.3) is 0 Å². The molecule has 0 atom stereocenters. The lowest BCUT2D eigenvalue weighted by Crippen LogP contribution is -2.05. The van der Waals surface area contributed by atoms with Crippen molar-refractivity contribution in [2.24, 2.45) is 0 Å². The molecule has 0 N–H and O–H groups in total. The van der Waals surface area contributed by atoms with E-state index in [9.17, 15) is 9.18 Å². The molecule has 1 heterocycles. The molecule has 0 aliphatic carbocycles. The van der Waals surface area contributed by atoms with Gasteiger partial charge in [-0.2, -0.15) is 0 Å². The van der Waals surface area contributed by atoms with E-state index in [4.69, 9.17) is 0 Å². The summed E-state index contributed by atoms with van der Waals surface area (Å²) in [4.78, 5) is 10.9. The Bertz CT molecular complexity index is 540. The number of halogens is 1. The Hall–Kier alpha value is -1.90. The molecule has 16 heavy (non-hydrogen) atoms. The van der Waals surface area contributed by atoms with E-state index < -0.39 is 0 Å². The molecular weight excluding hydrogens is 205 g/mol. The first-order valence-electron chi connectivity index (χ1n) is 5.06. The molecule has 0 saturated heterocycles. The topological polar surface area (TPSA) is 22.0 Å². The van der Waals surface area contributed by atoms with E-state index in [-0.39, 0.29) is 11.2 Å². The molecule has 2 aromatic rings. The number of benzene rings is 1. The molecule has 0 aliphatic heterocycles. The van der Waals surface area contributed by atoms with Crippen molar-refractivity contribution in [2.45, 2.75) is 13.5 Å². The Morgan fingerprint density at radius 3 is 2.50 bits per heavy atom. The van der Waals surface area contributed by atoms with Crippen LogP contribution < -0.4 is 5.43 Å². The van der Waals surface area contributed by atoms with Gasteiger partial charge in [0.1, 0.15) is 5.82 Å². The Morgan fingerprint density at radius 1 is 1.19 bits per heavy atom. The maximum atomic E-state index is 12.9. The second-order valence-corrected chi connectivity index (χ2v) is 3.78. The number of pyridine rings is 1. The third kappa shape index (κ3) is 2.37. The maximum Gasteiger partial charge on any atom is 0.181 e. The molecule has 2 nitrogen and oxygen atoms in total. The van der Waals surface area contributed by atoms with Crippen molar-refractivity contribution >= 4 is 0 Å². The van der Waals surface area contributed by atoms with Gasteiger partial charge in [-0.1, -0.05) is 6.07 Å². The van der Waals surface area contributed by atoms with Crippen LogP contribution in [0.2, 0.25) is 0 Å². The Kier molecular flexibility index (Phi) is 2.86. The van der Waals surface area contributed by atoms with Crippen molar-refractivity contribution < 1.29 is 4.39 Å². The van der Waals surface area contributed by atoms with Crippen LogP contribution in [-0.2, 0) is 6.54 Å². The van der Waals surface area contributed by atoms with Gasteiger partial charge in [0.05, 0.1) is 0 Å². The molecule has 0 amide bonds. The first kappa shape index (κ1) is 10.6. The molecule has 82 valence electrons. The van der Waals surface area contributed by atoms with E-state index in [1.165, 1.54) is 24.3 Å². The summed E-state index contributed by atoms with van der Waals surface area (Å²) in [6.07, 6.45) is 3.45. The quantitative estimate of drug-likeness (QED) is 0.756. The largest absolute Gasteiger partial charge is 0.350 e. The number of nitrogens with zero attached hydrogens (tertiary/aromatic N) is 1. The van der Waals surface area contributed by atoms with Crippen molar-refractivity contribution in [3.63, 3.8) is 0 Å². The fourth-order valence-corrected chi connectivity index (χ4v) is 1.58. The van der Waals surface area contributed by atoms with Crippen LogP contribution in [0.1, 0.15) is 11.1 Å². The fraction of sp³-hybridized carbons (Fsp3) is 0.154. The number of rotatable bonds is 2. The Morgan fingerprint density at radius 2 is 1.88 bits per heavy atom. The van der Waals surface area contributed by atoms with Crippen molar-refractivity contribution in [1.82, 2.24) is 4.57 Å². The van der Waals surface area contributed by atoms with Gasteiger partial charge in [0.25, 0.3) is 0 Å². The van der Waals surface area contributed by atoms with E-state index in [1.54, 1.807) is 18.5 Å². The van der Waals surface area contributed by atoms with E-state index in [2.05, 4.69) is 0 Å². The van der Waals surface area contributed by atoms with Crippen LogP contribution in [0.4, 0.5) is 4.39 Å². The van der Waals surface area contributed by atoms with Gasteiger partial charge in [-0.3, -0.25) is 4.79 Å².